The Bertz CT molecular complexity index is 893. The first kappa shape index (κ1) is 20.7. The molecule has 0 aliphatic heterocycles. The summed E-state index contributed by atoms with van der Waals surface area (Å²) in [5.74, 6) is -0.625. The zero-order chi connectivity index (χ0) is 19.3. The van der Waals surface area contributed by atoms with Crippen LogP contribution in [0.25, 0.3) is 0 Å². The number of amides is 2. The molecule has 0 aliphatic carbocycles. The number of rotatable bonds is 8. The fourth-order valence-corrected chi connectivity index (χ4v) is 4.12. The van der Waals surface area contributed by atoms with E-state index in [1.54, 1.807) is 0 Å². The summed E-state index contributed by atoms with van der Waals surface area (Å²) in [4.78, 5) is 27.8. The van der Waals surface area contributed by atoms with Crippen LogP contribution in [0.3, 0.4) is 0 Å². The highest BCUT2D eigenvalue weighted by Crippen LogP contribution is 2.25. The lowest BCUT2D eigenvalue weighted by Crippen LogP contribution is -2.34. The maximum absolute atomic E-state index is 11.9. The second-order valence-electron chi connectivity index (χ2n) is 5.07. The number of sulfonamides is 1. The predicted octanol–water partition coefficient (Wildman–Crippen LogP) is 0.864. The second-order valence-corrected chi connectivity index (χ2v) is 10.2. The van der Waals surface area contributed by atoms with Crippen molar-refractivity contribution in [2.24, 2.45) is 0 Å². The van der Waals surface area contributed by atoms with E-state index in [9.17, 15) is 18.0 Å². The van der Waals surface area contributed by atoms with Gasteiger partial charge in [-0.1, -0.05) is 23.1 Å². The Morgan fingerprint density at radius 1 is 1.23 bits per heavy atom. The summed E-state index contributed by atoms with van der Waals surface area (Å²) in [6.45, 7) is 1.52. The number of nitrogens with one attached hydrogen (secondary N) is 2. The van der Waals surface area contributed by atoms with Crippen molar-refractivity contribution >= 4 is 66.5 Å². The number of carbonyl (C=O) groups is 2. The lowest BCUT2D eigenvalue weighted by atomic mass is 10.6. The Balaban J connectivity index is 1.80. The number of hydrogen-bond acceptors (Lipinski definition) is 10. The average Bonchev–Trinajstić information content (AvgIpc) is 3.13. The summed E-state index contributed by atoms with van der Waals surface area (Å²) in [7, 11) is -2.14. The minimum Gasteiger partial charge on any atom is -0.301 e. The van der Waals surface area contributed by atoms with Crippen LogP contribution in [0.15, 0.2) is 9.72 Å². The van der Waals surface area contributed by atoms with Crippen LogP contribution in [0, 0.1) is 6.92 Å². The molecule has 0 atom stereocenters. The molecule has 2 amide bonds. The highest BCUT2D eigenvalue weighted by atomic mass is 32.2. The van der Waals surface area contributed by atoms with Gasteiger partial charge in [-0.05, 0) is 6.92 Å². The number of likely N-dealkylation sites (N-methyl/N-ethyl adjacent to an activating group) is 1. The van der Waals surface area contributed by atoms with Crippen molar-refractivity contribution in [1.29, 1.82) is 0 Å². The Labute approximate surface area is 162 Å². The third kappa shape index (κ3) is 6.60. The zero-order valence-corrected chi connectivity index (χ0v) is 17.3. The van der Waals surface area contributed by atoms with Gasteiger partial charge in [0.05, 0.1) is 24.2 Å². The molecule has 0 fully saturated rings. The van der Waals surface area contributed by atoms with Crippen molar-refractivity contribution < 1.29 is 18.0 Å². The molecule has 14 heteroatoms. The van der Waals surface area contributed by atoms with Crippen molar-refractivity contribution in [3.8, 4) is 0 Å². The zero-order valence-electron chi connectivity index (χ0n) is 14.0. The van der Waals surface area contributed by atoms with E-state index >= 15 is 0 Å². The summed E-state index contributed by atoms with van der Waals surface area (Å²) in [5.41, 5.74) is 0.837. The molecule has 0 aromatic carbocycles. The first-order valence-corrected chi connectivity index (χ1v) is 11.6. The van der Waals surface area contributed by atoms with Gasteiger partial charge < -0.3 is 5.32 Å². The number of aromatic nitrogens is 3. The molecular weight excluding hydrogens is 420 g/mol. The van der Waals surface area contributed by atoms with Crippen LogP contribution in [0.2, 0.25) is 0 Å². The number of hydrogen-bond donors (Lipinski definition) is 2. The van der Waals surface area contributed by atoms with Gasteiger partial charge in [0.25, 0.3) is 0 Å². The Morgan fingerprint density at radius 3 is 2.54 bits per heavy atom. The van der Waals surface area contributed by atoms with E-state index in [-0.39, 0.29) is 23.3 Å². The first-order chi connectivity index (χ1) is 12.1. The molecule has 0 spiro atoms. The van der Waals surface area contributed by atoms with Gasteiger partial charge in [-0.3, -0.25) is 14.9 Å². The molecule has 0 radical (unpaired) electrons. The molecular formula is C12H16N6O4S4. The Kier molecular flexibility index (Phi) is 7.05. The van der Waals surface area contributed by atoms with Crippen LogP contribution in [-0.4, -0.2) is 65.3 Å². The highest BCUT2D eigenvalue weighted by molar-refractivity contribution is 8.01. The third-order valence-corrected chi connectivity index (χ3v) is 6.89. The van der Waals surface area contributed by atoms with Crippen molar-refractivity contribution in [1.82, 2.24) is 19.5 Å². The third-order valence-electron chi connectivity index (χ3n) is 2.78. The Morgan fingerprint density at radius 2 is 1.92 bits per heavy atom. The summed E-state index contributed by atoms with van der Waals surface area (Å²) in [6.07, 6.45) is 1.01. The standard InChI is InChI=1S/C12H16N6O4S4/c1-7-5-23-10(13-7)15-9(20)6-24-12-17-16-11(25-12)14-8(19)4-18(2)26(3,21)22/h5H,4,6H2,1-3H3,(H,13,15,20)(H,14,16,19). The van der Waals surface area contributed by atoms with Gasteiger partial charge in [-0.15, -0.1) is 21.5 Å². The molecule has 2 heterocycles. The summed E-state index contributed by atoms with van der Waals surface area (Å²) in [6, 6.07) is 0. The molecule has 0 aliphatic rings. The van der Waals surface area contributed by atoms with Crippen LogP contribution in [-0.2, 0) is 19.6 Å². The molecule has 0 bridgehead atoms. The molecule has 0 unspecified atom stereocenters. The Hall–Kier alpha value is -1.61. The van der Waals surface area contributed by atoms with E-state index in [1.807, 2.05) is 12.3 Å². The van der Waals surface area contributed by atoms with Crippen LogP contribution in [0.4, 0.5) is 10.3 Å². The number of carbonyl (C=O) groups excluding carboxylic acids is 2. The highest BCUT2D eigenvalue weighted by Gasteiger charge is 2.17. The molecule has 2 aromatic rings. The molecule has 2 rings (SSSR count). The van der Waals surface area contributed by atoms with E-state index in [1.165, 1.54) is 30.1 Å². The quantitative estimate of drug-likeness (QED) is 0.460. The summed E-state index contributed by atoms with van der Waals surface area (Å²) < 4.78 is 24.0. The van der Waals surface area contributed by atoms with Crippen molar-refractivity contribution in [3.05, 3.63) is 11.1 Å². The SMILES string of the molecule is Cc1csc(NC(=O)CSc2nnc(NC(=O)CN(C)S(C)(=O)=O)s2)n1. The second kappa shape index (κ2) is 8.85. The largest absolute Gasteiger partial charge is 0.301 e. The van der Waals surface area contributed by atoms with Gasteiger partial charge in [0.2, 0.25) is 27.0 Å². The van der Waals surface area contributed by atoms with Gasteiger partial charge >= 0.3 is 0 Å². The fraction of sp³-hybridized carbons (Fsp3) is 0.417. The van der Waals surface area contributed by atoms with Gasteiger partial charge in [0, 0.05) is 12.4 Å². The van der Waals surface area contributed by atoms with Crippen molar-refractivity contribution in [2.75, 3.05) is 36.2 Å². The molecule has 142 valence electrons. The van der Waals surface area contributed by atoms with Crippen LogP contribution in [0.5, 0.6) is 0 Å². The van der Waals surface area contributed by atoms with E-state index < -0.39 is 15.9 Å². The summed E-state index contributed by atoms with van der Waals surface area (Å²) in [5, 5.41) is 15.4. The fourth-order valence-electron chi connectivity index (χ4n) is 1.49. The molecule has 26 heavy (non-hydrogen) atoms. The predicted molar refractivity (Wildman–Crippen MR) is 102 cm³/mol. The van der Waals surface area contributed by atoms with E-state index in [0.717, 1.165) is 27.6 Å². The molecule has 0 saturated carbocycles. The minimum absolute atomic E-state index is 0.123. The van der Waals surface area contributed by atoms with Crippen LogP contribution < -0.4 is 10.6 Å². The van der Waals surface area contributed by atoms with Crippen molar-refractivity contribution in [3.63, 3.8) is 0 Å². The normalized spacial score (nSPS) is 11.5. The monoisotopic (exact) mass is 436 g/mol. The number of thioether (sulfide) groups is 1. The molecule has 2 aromatic heterocycles. The van der Waals surface area contributed by atoms with Crippen molar-refractivity contribution in [2.45, 2.75) is 11.3 Å². The van der Waals surface area contributed by atoms with Crippen LogP contribution in [0.1, 0.15) is 5.69 Å². The van der Waals surface area contributed by atoms with Gasteiger partial charge in [-0.2, -0.15) is 4.31 Å². The van der Waals surface area contributed by atoms with E-state index in [4.69, 9.17) is 0 Å². The lowest BCUT2D eigenvalue weighted by molar-refractivity contribution is -0.116. The number of thiazole rings is 1. The van der Waals surface area contributed by atoms with Crippen LogP contribution >= 0.6 is 34.4 Å². The minimum atomic E-state index is -3.44. The van der Waals surface area contributed by atoms with Gasteiger partial charge in [0.15, 0.2) is 9.47 Å². The maximum Gasteiger partial charge on any atom is 0.241 e. The van der Waals surface area contributed by atoms with Gasteiger partial charge in [-0.25, -0.2) is 13.4 Å². The number of anilines is 2. The van der Waals surface area contributed by atoms with Gasteiger partial charge in [0.1, 0.15) is 0 Å². The topological polar surface area (TPSA) is 134 Å². The average molecular weight is 437 g/mol. The van der Waals surface area contributed by atoms with E-state index in [0.29, 0.717) is 9.47 Å². The molecule has 2 N–H and O–H groups in total. The van der Waals surface area contributed by atoms with E-state index in [2.05, 4.69) is 25.8 Å². The first-order valence-electron chi connectivity index (χ1n) is 7.03. The lowest BCUT2D eigenvalue weighted by Gasteiger charge is -2.12. The molecule has 10 nitrogen and oxygen atoms in total. The molecule has 0 saturated heterocycles. The smallest absolute Gasteiger partial charge is 0.241 e. The summed E-state index contributed by atoms with van der Waals surface area (Å²) >= 11 is 3.61. The number of aryl methyl sites for hydroxylation is 1. The number of nitrogens with zero attached hydrogens (tertiary/aromatic N) is 4. The maximum atomic E-state index is 11.9.